The van der Waals surface area contributed by atoms with Crippen molar-refractivity contribution < 1.29 is 0 Å². The molecule has 0 amide bonds. The van der Waals surface area contributed by atoms with Crippen molar-refractivity contribution in [2.75, 3.05) is 0 Å². The maximum Gasteiger partial charge on any atom is 0.163 e. The van der Waals surface area contributed by atoms with E-state index in [0.29, 0.717) is 0 Å². The quantitative estimate of drug-likeness (QED) is 0.601. The van der Waals surface area contributed by atoms with Crippen molar-refractivity contribution in [1.29, 1.82) is 0 Å². The Hall–Kier alpha value is -2.09. The summed E-state index contributed by atoms with van der Waals surface area (Å²) >= 11 is 0. The van der Waals surface area contributed by atoms with Gasteiger partial charge >= 0.3 is 0 Å². The lowest BCUT2D eigenvalue weighted by Crippen LogP contribution is -2.09. The van der Waals surface area contributed by atoms with E-state index >= 15 is 0 Å². The second kappa shape index (κ2) is 4.54. The largest absolute Gasteiger partial charge is 0.263 e. The summed E-state index contributed by atoms with van der Waals surface area (Å²) in [4.78, 5) is 4.75. The average Bonchev–Trinajstić information content (AvgIpc) is 2.36. The first-order valence-corrected chi connectivity index (χ1v) is 6.58. The summed E-state index contributed by atoms with van der Waals surface area (Å²) < 4.78 is 0. The molecule has 0 N–H and O–H groups in total. The molecular formula is C17H16BN. The summed E-state index contributed by atoms with van der Waals surface area (Å²) in [6, 6.07) is 17.2. The fourth-order valence-corrected chi connectivity index (χ4v) is 2.66. The first kappa shape index (κ1) is 12.0. The predicted molar refractivity (Wildman–Crippen MR) is 84.8 cm³/mol. The fraction of sp³-hybridized carbons (Fsp3) is 0.118. The molecule has 3 rings (SSSR count). The molecule has 92 valence electrons. The molecule has 0 radical (unpaired) electrons. The molecule has 0 aliphatic rings. The molecule has 3 aromatic rings. The van der Waals surface area contributed by atoms with E-state index < -0.39 is 0 Å². The van der Waals surface area contributed by atoms with Crippen LogP contribution in [-0.4, -0.2) is 12.8 Å². The van der Waals surface area contributed by atoms with Gasteiger partial charge in [-0.1, -0.05) is 41.5 Å². The highest BCUT2D eigenvalue weighted by atomic mass is 14.7. The molecule has 0 bridgehead atoms. The van der Waals surface area contributed by atoms with E-state index in [4.69, 9.17) is 4.98 Å². The fourth-order valence-electron chi connectivity index (χ4n) is 2.66. The number of hydrogen-bond acceptors (Lipinski definition) is 1. The van der Waals surface area contributed by atoms with Crippen LogP contribution in [0.4, 0.5) is 0 Å². The highest BCUT2D eigenvalue weighted by molar-refractivity contribution is 6.32. The maximum absolute atomic E-state index is 4.75. The highest BCUT2D eigenvalue weighted by Crippen LogP contribution is 2.27. The van der Waals surface area contributed by atoms with Gasteiger partial charge in [-0.3, -0.25) is 4.98 Å². The lowest BCUT2D eigenvalue weighted by Gasteiger charge is -2.09. The van der Waals surface area contributed by atoms with Crippen LogP contribution < -0.4 is 5.59 Å². The zero-order valence-electron chi connectivity index (χ0n) is 11.6. The third kappa shape index (κ3) is 2.26. The summed E-state index contributed by atoms with van der Waals surface area (Å²) in [5, 5.41) is 2.47. The first-order chi connectivity index (χ1) is 9.13. The van der Waals surface area contributed by atoms with Gasteiger partial charge in [-0.2, -0.15) is 0 Å². The Kier molecular flexibility index (Phi) is 2.86. The maximum atomic E-state index is 4.75. The van der Waals surface area contributed by atoms with E-state index in [0.717, 1.165) is 11.3 Å². The summed E-state index contributed by atoms with van der Waals surface area (Å²) in [5.74, 6) is 0. The first-order valence-electron chi connectivity index (χ1n) is 6.58. The number of aromatic nitrogens is 1. The molecule has 0 unspecified atom stereocenters. The Morgan fingerprint density at radius 1 is 0.895 bits per heavy atom. The number of hydrogen-bond donors (Lipinski definition) is 0. The molecule has 0 saturated heterocycles. The smallest absolute Gasteiger partial charge is 0.163 e. The highest BCUT2D eigenvalue weighted by Gasteiger charge is 2.07. The van der Waals surface area contributed by atoms with Crippen LogP contribution in [0.2, 0.25) is 0 Å². The Bertz CT molecular complexity index is 742. The summed E-state index contributed by atoms with van der Waals surface area (Å²) in [6.07, 6.45) is 0. The zero-order valence-corrected chi connectivity index (χ0v) is 11.6. The summed E-state index contributed by atoms with van der Waals surface area (Å²) in [5.41, 5.74) is 5.91. The topological polar surface area (TPSA) is 12.9 Å². The van der Waals surface area contributed by atoms with Gasteiger partial charge in [0.1, 0.15) is 0 Å². The van der Waals surface area contributed by atoms with Crippen molar-refractivity contribution in [3.05, 3.63) is 59.7 Å². The SMILES string of the molecule is Bc1cc2ccccc2c(-c2cc(C)cc(C)c2)n1. The van der Waals surface area contributed by atoms with Crippen LogP contribution in [0, 0.1) is 13.8 Å². The van der Waals surface area contributed by atoms with Gasteiger partial charge < -0.3 is 0 Å². The third-order valence-corrected chi connectivity index (χ3v) is 3.36. The van der Waals surface area contributed by atoms with Crippen molar-refractivity contribution in [3.8, 4) is 11.3 Å². The van der Waals surface area contributed by atoms with Gasteiger partial charge in [0.05, 0.1) is 5.69 Å². The van der Waals surface area contributed by atoms with E-state index in [9.17, 15) is 0 Å². The van der Waals surface area contributed by atoms with E-state index in [-0.39, 0.29) is 0 Å². The van der Waals surface area contributed by atoms with Crippen LogP contribution in [-0.2, 0) is 0 Å². The predicted octanol–water partition coefficient (Wildman–Crippen LogP) is 2.78. The van der Waals surface area contributed by atoms with E-state index in [2.05, 4.69) is 70.2 Å². The molecule has 0 fully saturated rings. The van der Waals surface area contributed by atoms with Crippen LogP contribution >= 0.6 is 0 Å². The minimum atomic E-state index is 1.06. The van der Waals surface area contributed by atoms with Crippen LogP contribution in [0.3, 0.4) is 0 Å². The molecule has 1 aromatic heterocycles. The van der Waals surface area contributed by atoms with Gasteiger partial charge in [0.15, 0.2) is 7.85 Å². The Morgan fingerprint density at radius 3 is 2.32 bits per heavy atom. The van der Waals surface area contributed by atoms with E-state index in [1.165, 1.54) is 27.5 Å². The Morgan fingerprint density at radius 2 is 1.58 bits per heavy atom. The van der Waals surface area contributed by atoms with Crippen LogP contribution in [0.1, 0.15) is 11.1 Å². The lowest BCUT2D eigenvalue weighted by molar-refractivity contribution is 1.35. The average molecular weight is 245 g/mol. The van der Waals surface area contributed by atoms with Crippen molar-refractivity contribution in [1.82, 2.24) is 4.98 Å². The molecule has 0 spiro atoms. The molecule has 0 atom stereocenters. The van der Waals surface area contributed by atoms with Gasteiger partial charge in [0, 0.05) is 10.9 Å². The molecule has 0 aliphatic carbocycles. The van der Waals surface area contributed by atoms with Crippen molar-refractivity contribution >= 4 is 24.2 Å². The monoisotopic (exact) mass is 245 g/mol. The normalized spacial score (nSPS) is 10.8. The zero-order chi connectivity index (χ0) is 13.4. The molecule has 19 heavy (non-hydrogen) atoms. The number of fused-ring (bicyclic) bond motifs is 1. The molecule has 1 heterocycles. The molecule has 0 aliphatic heterocycles. The van der Waals surface area contributed by atoms with E-state index in [1.807, 2.05) is 0 Å². The Labute approximate surface area is 114 Å². The molecular weight excluding hydrogens is 229 g/mol. The number of rotatable bonds is 1. The Balaban J connectivity index is 2.35. The van der Waals surface area contributed by atoms with Crippen LogP contribution in [0.5, 0.6) is 0 Å². The lowest BCUT2D eigenvalue weighted by atomic mass is 9.95. The second-order valence-corrected chi connectivity index (χ2v) is 5.21. The van der Waals surface area contributed by atoms with Crippen LogP contribution in [0.15, 0.2) is 48.5 Å². The van der Waals surface area contributed by atoms with Gasteiger partial charge in [-0.15, -0.1) is 0 Å². The molecule has 0 saturated carbocycles. The second-order valence-electron chi connectivity index (χ2n) is 5.21. The number of nitrogens with zero attached hydrogens (tertiary/aromatic N) is 1. The van der Waals surface area contributed by atoms with Gasteiger partial charge in [0.25, 0.3) is 0 Å². The van der Waals surface area contributed by atoms with Gasteiger partial charge in [0.2, 0.25) is 0 Å². The van der Waals surface area contributed by atoms with E-state index in [1.54, 1.807) is 0 Å². The summed E-state index contributed by atoms with van der Waals surface area (Å²) in [7, 11) is 2.05. The van der Waals surface area contributed by atoms with Gasteiger partial charge in [-0.25, -0.2) is 0 Å². The number of aryl methyl sites for hydroxylation is 2. The summed E-state index contributed by atoms with van der Waals surface area (Å²) in [6.45, 7) is 4.27. The van der Waals surface area contributed by atoms with Crippen molar-refractivity contribution in [2.45, 2.75) is 13.8 Å². The van der Waals surface area contributed by atoms with Crippen LogP contribution in [0.25, 0.3) is 22.0 Å². The molecule has 1 nitrogen and oxygen atoms in total. The molecule has 2 aromatic carbocycles. The number of pyridine rings is 1. The van der Waals surface area contributed by atoms with Gasteiger partial charge in [-0.05, 0) is 43.0 Å². The minimum Gasteiger partial charge on any atom is -0.263 e. The third-order valence-electron chi connectivity index (χ3n) is 3.36. The van der Waals surface area contributed by atoms with Crippen molar-refractivity contribution in [2.24, 2.45) is 0 Å². The standard InChI is InChI=1S/C17H16BN/c1-11-7-12(2)9-14(8-11)17-15-6-4-3-5-13(15)10-16(18)19-17/h3-10H,18H2,1-2H3. The number of benzene rings is 2. The van der Waals surface area contributed by atoms with Crippen molar-refractivity contribution in [3.63, 3.8) is 0 Å². The minimum absolute atomic E-state index is 1.06. The molecule has 2 heteroatoms.